The smallest absolute Gasteiger partial charge is 0.324 e. The molecule has 22 heavy (non-hydrogen) atoms. The van der Waals surface area contributed by atoms with Gasteiger partial charge in [-0.1, -0.05) is 45.0 Å². The first-order chi connectivity index (χ1) is 10.3. The molecule has 0 radical (unpaired) electrons. The largest absolute Gasteiger partial charge is 0.336 e. The van der Waals surface area contributed by atoms with Gasteiger partial charge in [-0.05, 0) is 23.6 Å². The predicted octanol–water partition coefficient (Wildman–Crippen LogP) is 1.97. The van der Waals surface area contributed by atoms with Crippen molar-refractivity contribution in [1.82, 2.24) is 15.1 Å². The number of carbonyl (C=O) groups excluding carboxylic acids is 2. The Morgan fingerprint density at radius 1 is 1.27 bits per heavy atom. The van der Waals surface area contributed by atoms with Gasteiger partial charge in [-0.3, -0.25) is 14.6 Å². The lowest BCUT2D eigenvalue weighted by atomic mass is 9.87. The molecular weight excluding hydrogens is 278 g/mol. The Morgan fingerprint density at radius 2 is 1.91 bits per heavy atom. The maximum Gasteiger partial charge on any atom is 0.324 e. The molecule has 1 aliphatic rings. The van der Waals surface area contributed by atoms with E-state index in [-0.39, 0.29) is 23.9 Å². The Kier molecular flexibility index (Phi) is 4.86. The molecule has 1 saturated heterocycles. The normalized spacial score (nSPS) is 15.3. The minimum Gasteiger partial charge on any atom is -0.336 e. The number of nitrogens with zero attached hydrogens (tertiary/aromatic N) is 2. The van der Waals surface area contributed by atoms with Gasteiger partial charge >= 0.3 is 6.03 Å². The van der Waals surface area contributed by atoms with Gasteiger partial charge in [0.2, 0.25) is 5.91 Å². The second-order valence-corrected chi connectivity index (χ2v) is 6.90. The highest BCUT2D eigenvalue weighted by atomic mass is 16.2. The topological polar surface area (TPSA) is 52.7 Å². The fraction of sp³-hybridized carbons (Fsp3) is 0.529. The average Bonchev–Trinajstić information content (AvgIpc) is 2.84. The van der Waals surface area contributed by atoms with Crippen LogP contribution in [0.25, 0.3) is 0 Å². The van der Waals surface area contributed by atoms with Gasteiger partial charge in [-0.2, -0.15) is 0 Å². The zero-order valence-electron chi connectivity index (χ0n) is 13.8. The van der Waals surface area contributed by atoms with Crippen molar-refractivity contribution in [3.8, 4) is 0 Å². The first-order valence-corrected chi connectivity index (χ1v) is 7.63. The van der Waals surface area contributed by atoms with Gasteiger partial charge in [0.25, 0.3) is 0 Å². The number of carbonyl (C=O) groups is 2. The molecular formula is C17H25N3O2. The Morgan fingerprint density at radius 3 is 2.41 bits per heavy atom. The summed E-state index contributed by atoms with van der Waals surface area (Å²) < 4.78 is 0. The summed E-state index contributed by atoms with van der Waals surface area (Å²) in [5.41, 5.74) is 2.60. The van der Waals surface area contributed by atoms with Crippen LogP contribution < -0.4 is 5.32 Å². The predicted molar refractivity (Wildman–Crippen MR) is 86.6 cm³/mol. The van der Waals surface area contributed by atoms with E-state index in [4.69, 9.17) is 0 Å². The zero-order valence-corrected chi connectivity index (χ0v) is 13.8. The SMILES string of the molecule is CN(CC(=O)N1CCNC1=O)Cc1ccc(C(C)(C)C)cc1. The van der Waals surface area contributed by atoms with Crippen LogP contribution in [0.2, 0.25) is 0 Å². The number of hydrogen-bond acceptors (Lipinski definition) is 3. The van der Waals surface area contributed by atoms with Crippen LogP contribution in [0.4, 0.5) is 4.79 Å². The van der Waals surface area contributed by atoms with Crippen molar-refractivity contribution in [3.63, 3.8) is 0 Å². The highest BCUT2D eigenvalue weighted by molar-refractivity contribution is 5.96. The van der Waals surface area contributed by atoms with Crippen LogP contribution in [0.5, 0.6) is 0 Å². The molecule has 120 valence electrons. The lowest BCUT2D eigenvalue weighted by Crippen LogP contribution is -2.40. The van der Waals surface area contributed by atoms with E-state index in [0.29, 0.717) is 19.6 Å². The molecule has 1 N–H and O–H groups in total. The Labute approximate surface area is 132 Å². The number of amides is 3. The van der Waals surface area contributed by atoms with Gasteiger partial charge in [0, 0.05) is 19.6 Å². The van der Waals surface area contributed by atoms with E-state index in [1.807, 2.05) is 11.9 Å². The van der Waals surface area contributed by atoms with Crippen molar-refractivity contribution in [2.75, 3.05) is 26.7 Å². The molecule has 0 unspecified atom stereocenters. The van der Waals surface area contributed by atoms with E-state index in [1.165, 1.54) is 10.5 Å². The summed E-state index contributed by atoms with van der Waals surface area (Å²) in [7, 11) is 1.89. The second-order valence-electron chi connectivity index (χ2n) is 6.90. The summed E-state index contributed by atoms with van der Waals surface area (Å²) in [5, 5.41) is 2.64. The molecule has 1 aliphatic heterocycles. The molecule has 0 saturated carbocycles. The molecule has 5 nitrogen and oxygen atoms in total. The highest BCUT2D eigenvalue weighted by Crippen LogP contribution is 2.22. The van der Waals surface area contributed by atoms with Crippen LogP contribution in [0.1, 0.15) is 31.9 Å². The summed E-state index contributed by atoms with van der Waals surface area (Å²) in [5.74, 6) is -0.149. The number of likely N-dealkylation sites (N-methyl/N-ethyl adjacent to an activating group) is 1. The number of nitrogens with one attached hydrogen (secondary N) is 1. The molecule has 1 aromatic carbocycles. The first kappa shape index (κ1) is 16.5. The number of benzene rings is 1. The van der Waals surface area contributed by atoms with Crippen molar-refractivity contribution in [2.24, 2.45) is 0 Å². The number of urea groups is 1. The number of imide groups is 1. The fourth-order valence-corrected chi connectivity index (χ4v) is 2.50. The van der Waals surface area contributed by atoms with E-state index >= 15 is 0 Å². The maximum absolute atomic E-state index is 12.1. The zero-order chi connectivity index (χ0) is 16.3. The Bertz CT molecular complexity index is 546. The third-order valence-electron chi connectivity index (χ3n) is 3.84. The standard InChI is InChI=1S/C17H25N3O2/c1-17(2,3)14-7-5-13(6-8-14)11-19(4)12-15(21)20-10-9-18-16(20)22/h5-8H,9-12H2,1-4H3,(H,18,22). The third-order valence-corrected chi connectivity index (χ3v) is 3.84. The monoisotopic (exact) mass is 303 g/mol. The highest BCUT2D eigenvalue weighted by Gasteiger charge is 2.26. The van der Waals surface area contributed by atoms with E-state index in [0.717, 1.165) is 5.56 Å². The van der Waals surface area contributed by atoms with E-state index in [9.17, 15) is 9.59 Å². The quantitative estimate of drug-likeness (QED) is 0.925. The van der Waals surface area contributed by atoms with Crippen molar-refractivity contribution >= 4 is 11.9 Å². The fourth-order valence-electron chi connectivity index (χ4n) is 2.50. The minimum absolute atomic E-state index is 0.142. The van der Waals surface area contributed by atoms with Crippen molar-refractivity contribution in [1.29, 1.82) is 0 Å². The molecule has 0 aliphatic carbocycles. The van der Waals surface area contributed by atoms with Gasteiger partial charge in [0.05, 0.1) is 6.54 Å². The molecule has 1 aromatic rings. The molecule has 1 fully saturated rings. The molecule has 1 heterocycles. The molecule has 3 amide bonds. The van der Waals surface area contributed by atoms with Crippen molar-refractivity contribution in [3.05, 3.63) is 35.4 Å². The lowest BCUT2D eigenvalue weighted by molar-refractivity contribution is -0.128. The van der Waals surface area contributed by atoms with Gasteiger partial charge in [0.1, 0.15) is 0 Å². The Balaban J connectivity index is 1.90. The van der Waals surface area contributed by atoms with Crippen LogP contribution in [0, 0.1) is 0 Å². The van der Waals surface area contributed by atoms with Gasteiger partial charge in [-0.25, -0.2) is 4.79 Å². The van der Waals surface area contributed by atoms with Gasteiger partial charge in [0.15, 0.2) is 0 Å². The maximum atomic E-state index is 12.1. The van der Waals surface area contributed by atoms with E-state index in [1.54, 1.807) is 0 Å². The van der Waals surface area contributed by atoms with Crippen molar-refractivity contribution in [2.45, 2.75) is 32.7 Å². The molecule has 0 aromatic heterocycles. The van der Waals surface area contributed by atoms with Gasteiger partial charge in [-0.15, -0.1) is 0 Å². The molecule has 0 bridgehead atoms. The number of rotatable bonds is 4. The molecule has 0 spiro atoms. The summed E-state index contributed by atoms with van der Waals surface area (Å²) >= 11 is 0. The minimum atomic E-state index is -0.284. The molecule has 5 heteroatoms. The Hall–Kier alpha value is -1.88. The van der Waals surface area contributed by atoms with Crippen LogP contribution >= 0.6 is 0 Å². The van der Waals surface area contributed by atoms with E-state index < -0.39 is 0 Å². The summed E-state index contributed by atoms with van der Waals surface area (Å²) in [4.78, 5) is 26.7. The third kappa shape index (κ3) is 4.07. The van der Waals surface area contributed by atoms with Crippen LogP contribution in [0.3, 0.4) is 0 Å². The average molecular weight is 303 g/mol. The summed E-state index contributed by atoms with van der Waals surface area (Å²) in [6.45, 7) is 8.50. The van der Waals surface area contributed by atoms with Crippen LogP contribution in [0.15, 0.2) is 24.3 Å². The summed E-state index contributed by atoms with van der Waals surface area (Å²) in [6.07, 6.45) is 0. The summed E-state index contributed by atoms with van der Waals surface area (Å²) in [6, 6.07) is 8.19. The molecule has 0 atom stereocenters. The molecule has 2 rings (SSSR count). The van der Waals surface area contributed by atoms with Crippen LogP contribution in [-0.4, -0.2) is 48.4 Å². The first-order valence-electron chi connectivity index (χ1n) is 7.63. The van der Waals surface area contributed by atoms with E-state index in [2.05, 4.69) is 50.4 Å². The van der Waals surface area contributed by atoms with Crippen LogP contribution in [-0.2, 0) is 16.8 Å². The lowest BCUT2D eigenvalue weighted by Gasteiger charge is -2.21. The number of hydrogen-bond donors (Lipinski definition) is 1. The van der Waals surface area contributed by atoms with Gasteiger partial charge < -0.3 is 5.32 Å². The second kappa shape index (κ2) is 6.48. The van der Waals surface area contributed by atoms with Crippen molar-refractivity contribution < 1.29 is 9.59 Å².